The van der Waals surface area contributed by atoms with Crippen molar-refractivity contribution in [3.63, 3.8) is 0 Å². The fourth-order valence-corrected chi connectivity index (χ4v) is 4.12. The van der Waals surface area contributed by atoms with Gasteiger partial charge in [0.25, 0.3) is 6.43 Å². The van der Waals surface area contributed by atoms with Gasteiger partial charge in [-0.1, -0.05) is 12.1 Å². The van der Waals surface area contributed by atoms with E-state index < -0.39 is 24.2 Å². The van der Waals surface area contributed by atoms with E-state index >= 15 is 0 Å². The van der Waals surface area contributed by atoms with Crippen LogP contribution in [0, 0.1) is 0 Å². The van der Waals surface area contributed by atoms with Gasteiger partial charge in [-0.05, 0) is 57.6 Å². The third kappa shape index (κ3) is 11.5. The molecule has 0 saturated heterocycles. The van der Waals surface area contributed by atoms with Crippen molar-refractivity contribution in [2.45, 2.75) is 45.8 Å². The molecule has 0 bridgehead atoms. The minimum atomic E-state index is -2.64. The number of hydrogen-bond acceptors (Lipinski definition) is 8. The maximum atomic E-state index is 13.2. The standard InChI is InChI=1S/C23H32F2N6O3S.C2H4O/c1-17(30(4)18(2)15-32)12-28-35(33)31(21-6-5-11-27-13-21)14-19-7-9-20(10-8-19)23(29-26-3)34-16-22(24)25;1-2-3/h5-11,13,17-18,22,28,32H,3,12,14-16H2,1-2,4H3;2H,1H3/b29-23-;. The fourth-order valence-electron chi connectivity index (χ4n) is 3.02. The van der Waals surface area contributed by atoms with Crippen molar-refractivity contribution in [2.75, 3.05) is 31.1 Å². The summed E-state index contributed by atoms with van der Waals surface area (Å²) in [7, 11) is 1.90. The summed E-state index contributed by atoms with van der Waals surface area (Å²) in [4.78, 5) is 14.9. The number of alkyl halides is 2. The first-order valence-electron chi connectivity index (χ1n) is 11.8. The normalized spacial score (nSPS) is 13.8. The molecule has 13 heteroatoms. The second-order valence-electron chi connectivity index (χ2n) is 8.07. The average Bonchev–Trinajstić information content (AvgIpc) is 2.92. The molecule has 0 amide bonds. The van der Waals surface area contributed by atoms with E-state index in [0.29, 0.717) is 17.8 Å². The van der Waals surface area contributed by atoms with Gasteiger partial charge in [-0.25, -0.2) is 17.7 Å². The number of rotatable bonds is 14. The molecule has 2 rings (SSSR count). The number of hydrogen-bond donors (Lipinski definition) is 2. The monoisotopic (exact) mass is 554 g/mol. The molecule has 1 aromatic heterocycles. The second-order valence-corrected chi connectivity index (χ2v) is 9.30. The van der Waals surface area contributed by atoms with Crippen LogP contribution < -0.4 is 9.03 Å². The molecule has 0 saturated carbocycles. The Hall–Kier alpha value is -3.13. The zero-order valence-electron chi connectivity index (χ0n) is 22.0. The van der Waals surface area contributed by atoms with E-state index in [9.17, 15) is 18.1 Å². The van der Waals surface area contributed by atoms with Gasteiger partial charge in [0.05, 0.1) is 25.0 Å². The molecule has 0 aliphatic carbocycles. The number of nitrogens with one attached hydrogen (secondary N) is 1. The first kappa shape index (κ1) is 32.9. The fraction of sp³-hybridized carbons (Fsp3) is 0.440. The number of aldehydes is 1. The van der Waals surface area contributed by atoms with Gasteiger partial charge >= 0.3 is 0 Å². The molecular formula is C25H36F2N6O4S. The summed E-state index contributed by atoms with van der Waals surface area (Å²) >= 11 is -1.59. The number of aliphatic hydroxyl groups is 1. The summed E-state index contributed by atoms with van der Waals surface area (Å²) < 4.78 is 48.0. The maximum absolute atomic E-state index is 13.2. The Morgan fingerprint density at radius 3 is 2.45 bits per heavy atom. The predicted molar refractivity (Wildman–Crippen MR) is 147 cm³/mol. The lowest BCUT2D eigenvalue weighted by atomic mass is 10.1. The highest BCUT2D eigenvalue weighted by Crippen LogP contribution is 2.18. The van der Waals surface area contributed by atoms with Crippen molar-refractivity contribution in [1.29, 1.82) is 0 Å². The molecular weight excluding hydrogens is 518 g/mol. The van der Waals surface area contributed by atoms with E-state index in [1.165, 1.54) is 6.92 Å². The van der Waals surface area contributed by atoms with Crippen LogP contribution in [0.15, 0.2) is 59.0 Å². The van der Waals surface area contributed by atoms with Gasteiger partial charge < -0.3 is 14.6 Å². The third-order valence-corrected chi connectivity index (χ3v) is 6.48. The molecule has 0 radical (unpaired) electrons. The zero-order chi connectivity index (χ0) is 28.5. The summed E-state index contributed by atoms with van der Waals surface area (Å²) in [5.74, 6) is -0.0589. The Morgan fingerprint density at radius 1 is 1.26 bits per heavy atom. The van der Waals surface area contributed by atoms with E-state index in [1.54, 1.807) is 47.0 Å². The van der Waals surface area contributed by atoms with Crippen LogP contribution in [0.1, 0.15) is 31.9 Å². The largest absolute Gasteiger partial charge is 0.470 e. The molecule has 1 aromatic carbocycles. The van der Waals surface area contributed by atoms with Crippen LogP contribution in [-0.2, 0) is 27.2 Å². The van der Waals surface area contributed by atoms with Gasteiger partial charge in [0.1, 0.15) is 6.29 Å². The lowest BCUT2D eigenvalue weighted by molar-refractivity contribution is -0.106. The second kappa shape index (κ2) is 18.2. The first-order chi connectivity index (χ1) is 18.2. The molecule has 0 aliphatic rings. The highest BCUT2D eigenvalue weighted by molar-refractivity contribution is 7.84. The van der Waals surface area contributed by atoms with Gasteiger partial charge in [-0.2, -0.15) is 5.10 Å². The Kier molecular flexibility index (Phi) is 15.7. The van der Waals surface area contributed by atoms with E-state index in [-0.39, 0.29) is 31.1 Å². The summed E-state index contributed by atoms with van der Waals surface area (Å²) in [5.41, 5.74) is 1.93. The van der Waals surface area contributed by atoms with Crippen molar-refractivity contribution < 1.29 is 27.6 Å². The van der Waals surface area contributed by atoms with E-state index in [1.807, 2.05) is 31.9 Å². The first-order valence-corrected chi connectivity index (χ1v) is 12.9. The number of carbonyl (C=O) groups excluding carboxylic acids is 1. The minimum absolute atomic E-state index is 0.0254. The molecule has 3 unspecified atom stereocenters. The van der Waals surface area contributed by atoms with Crippen LogP contribution in [-0.4, -0.2) is 83.4 Å². The smallest absolute Gasteiger partial charge is 0.272 e. The van der Waals surface area contributed by atoms with Gasteiger partial charge in [-0.3, -0.25) is 14.2 Å². The number of aliphatic hydroxyl groups excluding tert-OH is 1. The third-order valence-electron chi connectivity index (χ3n) is 5.33. The number of carbonyl (C=O) groups is 1. The molecule has 2 aromatic rings. The Labute approximate surface area is 225 Å². The van der Waals surface area contributed by atoms with Crippen LogP contribution in [0.5, 0.6) is 0 Å². The van der Waals surface area contributed by atoms with Crippen LogP contribution in [0.4, 0.5) is 14.5 Å². The molecule has 210 valence electrons. The van der Waals surface area contributed by atoms with Crippen molar-refractivity contribution in [3.05, 3.63) is 59.9 Å². The number of anilines is 1. The van der Waals surface area contributed by atoms with Crippen LogP contribution in [0.3, 0.4) is 0 Å². The Bertz CT molecular complexity index is 1010. The van der Waals surface area contributed by atoms with E-state index in [0.717, 1.165) is 11.8 Å². The number of nitrogens with zero attached hydrogens (tertiary/aromatic N) is 5. The van der Waals surface area contributed by atoms with E-state index in [4.69, 9.17) is 9.53 Å². The molecule has 38 heavy (non-hydrogen) atoms. The summed E-state index contributed by atoms with van der Waals surface area (Å²) in [6, 6.07) is 10.4. The quantitative estimate of drug-likeness (QED) is 0.160. The predicted octanol–water partition coefficient (Wildman–Crippen LogP) is 2.81. The molecule has 10 nitrogen and oxygen atoms in total. The molecule has 2 N–H and O–H groups in total. The summed E-state index contributed by atoms with van der Waals surface area (Å²) in [6.45, 7) is 8.53. The molecule has 0 fully saturated rings. The number of halogens is 2. The highest BCUT2D eigenvalue weighted by atomic mass is 32.2. The number of ether oxygens (including phenoxy) is 1. The van der Waals surface area contributed by atoms with Crippen molar-refractivity contribution >= 4 is 35.8 Å². The maximum Gasteiger partial charge on any atom is 0.272 e. The van der Waals surface area contributed by atoms with Gasteiger partial charge in [-0.15, -0.1) is 5.10 Å². The zero-order valence-corrected chi connectivity index (χ0v) is 22.9. The van der Waals surface area contributed by atoms with Crippen molar-refractivity contribution in [1.82, 2.24) is 14.6 Å². The lowest BCUT2D eigenvalue weighted by Gasteiger charge is -2.30. The summed E-state index contributed by atoms with van der Waals surface area (Å²) in [6.07, 6.45) is 1.36. The van der Waals surface area contributed by atoms with Gasteiger partial charge in [0, 0.05) is 37.1 Å². The van der Waals surface area contributed by atoms with Crippen LogP contribution in [0.2, 0.25) is 0 Å². The molecule has 0 spiro atoms. The average molecular weight is 555 g/mol. The topological polar surface area (TPSA) is 120 Å². The van der Waals surface area contributed by atoms with E-state index in [2.05, 4.69) is 26.6 Å². The van der Waals surface area contributed by atoms with Gasteiger partial charge in [0.15, 0.2) is 17.8 Å². The SMILES string of the molecule is C=N/N=C(\OCC(F)F)c1ccc(CN(c2cccnc2)S(=O)NCC(C)N(C)C(C)CO)cc1.CC=O. The van der Waals surface area contributed by atoms with Crippen LogP contribution in [0.25, 0.3) is 0 Å². The molecule has 0 aliphatic heterocycles. The van der Waals surface area contributed by atoms with Crippen LogP contribution >= 0.6 is 0 Å². The number of pyridine rings is 1. The summed E-state index contributed by atoms with van der Waals surface area (Å²) in [5, 5.41) is 16.4. The lowest BCUT2D eigenvalue weighted by Crippen LogP contribution is -2.46. The number of benzene rings is 1. The molecule has 3 atom stereocenters. The Morgan fingerprint density at radius 2 is 1.92 bits per heavy atom. The number of likely N-dealkylation sites (N-methyl/N-ethyl adjacent to an activating group) is 1. The Balaban J connectivity index is 0.00000229. The van der Waals surface area contributed by atoms with Crippen molar-refractivity contribution in [3.8, 4) is 0 Å². The highest BCUT2D eigenvalue weighted by Gasteiger charge is 2.19. The van der Waals surface area contributed by atoms with Crippen molar-refractivity contribution in [2.24, 2.45) is 10.2 Å². The number of aromatic nitrogens is 1. The van der Waals surface area contributed by atoms with Gasteiger partial charge in [0.2, 0.25) is 5.90 Å². The molecule has 1 heterocycles. The minimum Gasteiger partial charge on any atom is -0.470 e.